The molecule has 0 heterocycles. The first-order valence-corrected chi connectivity index (χ1v) is 7.22. The number of carboxylic acids is 1. The zero-order valence-electron chi connectivity index (χ0n) is 11.1. The predicted octanol–water partition coefficient (Wildman–Crippen LogP) is -0.104. The van der Waals surface area contributed by atoms with Crippen molar-refractivity contribution in [1.29, 1.82) is 0 Å². The van der Waals surface area contributed by atoms with Gasteiger partial charge in [-0.2, -0.15) is 4.31 Å². The van der Waals surface area contributed by atoms with Gasteiger partial charge in [0.15, 0.2) is 0 Å². The maximum atomic E-state index is 12.1. The van der Waals surface area contributed by atoms with Crippen molar-refractivity contribution < 1.29 is 23.1 Å². The first kappa shape index (κ1) is 16.1. The normalized spacial score (nSPS) is 12.9. The van der Waals surface area contributed by atoms with Crippen molar-refractivity contribution in [2.45, 2.75) is 17.9 Å². The fraction of sp³-hybridized carbons (Fsp3) is 0.333. The third-order valence-corrected chi connectivity index (χ3v) is 4.38. The Bertz CT molecular complexity index is 585. The third kappa shape index (κ3) is 4.04. The molecular formula is C12H16N2O5S. The van der Waals surface area contributed by atoms with Gasteiger partial charge in [0.2, 0.25) is 15.9 Å². The summed E-state index contributed by atoms with van der Waals surface area (Å²) >= 11 is 0. The van der Waals surface area contributed by atoms with Crippen LogP contribution in [-0.2, 0) is 19.6 Å². The quantitative estimate of drug-likeness (QED) is 0.763. The molecule has 8 heteroatoms. The van der Waals surface area contributed by atoms with E-state index in [0.717, 1.165) is 4.31 Å². The highest BCUT2D eigenvalue weighted by molar-refractivity contribution is 7.89. The van der Waals surface area contributed by atoms with Gasteiger partial charge in [-0.3, -0.25) is 9.59 Å². The molecule has 1 rings (SSSR count). The molecule has 0 radical (unpaired) electrons. The molecule has 0 fully saturated rings. The van der Waals surface area contributed by atoms with Crippen molar-refractivity contribution in [3.8, 4) is 0 Å². The number of aliphatic carboxylic acids is 1. The minimum absolute atomic E-state index is 0.0709. The molecule has 0 saturated heterocycles. The Morgan fingerprint density at radius 1 is 1.30 bits per heavy atom. The molecule has 2 N–H and O–H groups in total. The summed E-state index contributed by atoms with van der Waals surface area (Å²) < 4.78 is 25.1. The molecule has 110 valence electrons. The van der Waals surface area contributed by atoms with E-state index < -0.39 is 34.5 Å². The van der Waals surface area contributed by atoms with E-state index in [4.69, 9.17) is 5.11 Å². The van der Waals surface area contributed by atoms with Crippen LogP contribution in [0.2, 0.25) is 0 Å². The monoisotopic (exact) mass is 300 g/mol. The number of benzene rings is 1. The second kappa shape index (κ2) is 6.49. The van der Waals surface area contributed by atoms with Gasteiger partial charge in [0.1, 0.15) is 6.04 Å². The fourth-order valence-corrected chi connectivity index (χ4v) is 2.56. The summed E-state index contributed by atoms with van der Waals surface area (Å²) in [7, 11) is -2.51. The lowest BCUT2D eigenvalue weighted by Crippen LogP contribution is -2.44. The Balaban J connectivity index is 2.74. The molecule has 0 spiro atoms. The van der Waals surface area contributed by atoms with E-state index in [1.807, 2.05) is 0 Å². The molecule has 0 bridgehead atoms. The molecule has 0 saturated carbocycles. The largest absolute Gasteiger partial charge is 0.480 e. The number of carbonyl (C=O) groups excluding carboxylic acids is 1. The van der Waals surface area contributed by atoms with Gasteiger partial charge in [0.25, 0.3) is 0 Å². The minimum atomic E-state index is -3.77. The van der Waals surface area contributed by atoms with Gasteiger partial charge in [-0.1, -0.05) is 18.2 Å². The molecule has 20 heavy (non-hydrogen) atoms. The summed E-state index contributed by atoms with van der Waals surface area (Å²) in [6.07, 6.45) is 0. The van der Waals surface area contributed by atoms with Gasteiger partial charge >= 0.3 is 5.97 Å². The number of rotatable bonds is 6. The highest BCUT2D eigenvalue weighted by Gasteiger charge is 2.23. The van der Waals surface area contributed by atoms with Crippen LogP contribution < -0.4 is 5.32 Å². The minimum Gasteiger partial charge on any atom is -0.480 e. The molecule has 7 nitrogen and oxygen atoms in total. The van der Waals surface area contributed by atoms with Crippen LogP contribution in [0.25, 0.3) is 0 Å². The number of carboxylic acid groups (broad SMARTS) is 1. The number of sulfonamides is 1. The Hall–Kier alpha value is -1.93. The molecule has 0 aromatic heterocycles. The van der Waals surface area contributed by atoms with E-state index in [1.165, 1.54) is 26.1 Å². The molecule has 0 aliphatic rings. The summed E-state index contributed by atoms with van der Waals surface area (Å²) in [6, 6.07) is 6.60. The summed E-state index contributed by atoms with van der Waals surface area (Å²) in [5.74, 6) is -1.87. The van der Waals surface area contributed by atoms with Gasteiger partial charge in [-0.05, 0) is 19.1 Å². The number of carbonyl (C=O) groups is 2. The number of likely N-dealkylation sites (N-methyl/N-ethyl adjacent to an activating group) is 1. The van der Waals surface area contributed by atoms with Gasteiger partial charge in [0.05, 0.1) is 11.4 Å². The molecule has 1 amide bonds. The summed E-state index contributed by atoms with van der Waals surface area (Å²) in [5.41, 5.74) is 0. The first-order valence-electron chi connectivity index (χ1n) is 5.78. The number of nitrogens with zero attached hydrogens (tertiary/aromatic N) is 1. The SMILES string of the molecule is C[C@H](NC(=O)CN(C)S(=O)(=O)c1ccccc1)C(=O)O. The van der Waals surface area contributed by atoms with E-state index in [2.05, 4.69) is 5.32 Å². The summed E-state index contributed by atoms with van der Waals surface area (Å²) in [4.78, 5) is 22.2. The maximum absolute atomic E-state index is 12.1. The Kier molecular flexibility index (Phi) is 5.23. The first-order chi connectivity index (χ1) is 9.25. The van der Waals surface area contributed by atoms with E-state index in [9.17, 15) is 18.0 Å². The molecule has 1 atom stereocenters. The number of amides is 1. The average Bonchev–Trinajstić information content (AvgIpc) is 2.39. The number of hydrogen-bond donors (Lipinski definition) is 2. The van der Waals surface area contributed by atoms with Gasteiger partial charge in [-0.15, -0.1) is 0 Å². The summed E-state index contributed by atoms with van der Waals surface area (Å²) in [5, 5.41) is 10.8. The second-order valence-electron chi connectivity index (χ2n) is 4.20. The average molecular weight is 300 g/mol. The Morgan fingerprint density at radius 2 is 1.85 bits per heavy atom. The van der Waals surface area contributed by atoms with Crippen molar-refractivity contribution in [2.75, 3.05) is 13.6 Å². The molecule has 0 aliphatic carbocycles. The van der Waals surface area contributed by atoms with E-state index in [0.29, 0.717) is 0 Å². The smallest absolute Gasteiger partial charge is 0.325 e. The van der Waals surface area contributed by atoms with Crippen LogP contribution >= 0.6 is 0 Å². The second-order valence-corrected chi connectivity index (χ2v) is 6.25. The van der Waals surface area contributed by atoms with Gasteiger partial charge in [0, 0.05) is 7.05 Å². The van der Waals surface area contributed by atoms with Crippen LogP contribution in [0.1, 0.15) is 6.92 Å². The topological polar surface area (TPSA) is 104 Å². The Morgan fingerprint density at radius 3 is 2.35 bits per heavy atom. The lowest BCUT2D eigenvalue weighted by atomic mass is 10.3. The number of hydrogen-bond acceptors (Lipinski definition) is 4. The van der Waals surface area contributed by atoms with Crippen LogP contribution in [0, 0.1) is 0 Å². The molecule has 0 unspecified atom stereocenters. The molecule has 1 aromatic rings. The van der Waals surface area contributed by atoms with Crippen LogP contribution in [0.3, 0.4) is 0 Å². The lowest BCUT2D eigenvalue weighted by molar-refractivity contribution is -0.141. The van der Waals surface area contributed by atoms with Crippen LogP contribution in [0.5, 0.6) is 0 Å². The van der Waals surface area contributed by atoms with E-state index in [1.54, 1.807) is 18.2 Å². The summed E-state index contributed by atoms with van der Waals surface area (Å²) in [6.45, 7) is 0.848. The molecular weight excluding hydrogens is 284 g/mol. The number of nitrogens with one attached hydrogen (secondary N) is 1. The van der Waals surface area contributed by atoms with Crippen molar-refractivity contribution in [3.63, 3.8) is 0 Å². The molecule has 0 aliphatic heterocycles. The van der Waals surface area contributed by atoms with Crippen molar-refractivity contribution in [3.05, 3.63) is 30.3 Å². The Labute approximate surface area is 117 Å². The highest BCUT2D eigenvalue weighted by Crippen LogP contribution is 2.12. The maximum Gasteiger partial charge on any atom is 0.325 e. The van der Waals surface area contributed by atoms with Crippen LogP contribution in [-0.4, -0.2) is 49.3 Å². The predicted molar refractivity (Wildman–Crippen MR) is 71.5 cm³/mol. The molecule has 1 aromatic carbocycles. The van der Waals surface area contributed by atoms with Gasteiger partial charge in [-0.25, -0.2) is 8.42 Å². The zero-order valence-corrected chi connectivity index (χ0v) is 11.9. The van der Waals surface area contributed by atoms with Crippen LogP contribution in [0.4, 0.5) is 0 Å². The van der Waals surface area contributed by atoms with E-state index >= 15 is 0 Å². The third-order valence-electron chi connectivity index (χ3n) is 2.57. The van der Waals surface area contributed by atoms with Gasteiger partial charge < -0.3 is 10.4 Å². The van der Waals surface area contributed by atoms with Crippen LogP contribution in [0.15, 0.2) is 35.2 Å². The van der Waals surface area contributed by atoms with Crippen molar-refractivity contribution in [1.82, 2.24) is 9.62 Å². The van der Waals surface area contributed by atoms with Crippen molar-refractivity contribution >= 4 is 21.9 Å². The standard InChI is InChI=1S/C12H16N2O5S/c1-9(12(16)17)13-11(15)8-14(2)20(18,19)10-6-4-3-5-7-10/h3-7,9H,8H2,1-2H3,(H,13,15)(H,16,17)/t9-/m0/s1. The zero-order chi connectivity index (χ0) is 15.3. The highest BCUT2D eigenvalue weighted by atomic mass is 32.2. The van der Waals surface area contributed by atoms with Crippen molar-refractivity contribution in [2.24, 2.45) is 0 Å². The van der Waals surface area contributed by atoms with E-state index in [-0.39, 0.29) is 4.90 Å². The fourth-order valence-electron chi connectivity index (χ4n) is 1.41. The lowest BCUT2D eigenvalue weighted by Gasteiger charge is -2.17.